The first-order chi connectivity index (χ1) is 8.85. The number of imidazole rings is 1. The zero-order valence-electron chi connectivity index (χ0n) is 11.4. The summed E-state index contributed by atoms with van der Waals surface area (Å²) in [7, 11) is 0. The van der Waals surface area contributed by atoms with Gasteiger partial charge in [-0.3, -0.25) is 0 Å². The molecule has 0 saturated heterocycles. The summed E-state index contributed by atoms with van der Waals surface area (Å²) in [6.07, 6.45) is 10.5. The molecule has 0 radical (unpaired) electrons. The largest absolute Gasteiger partial charge is 0.333 e. The lowest BCUT2D eigenvalue weighted by molar-refractivity contribution is 0.481. The molecule has 1 aliphatic rings. The zero-order chi connectivity index (χ0) is 12.8. The lowest BCUT2D eigenvalue weighted by Gasteiger charge is -2.18. The van der Waals surface area contributed by atoms with E-state index in [9.17, 15) is 0 Å². The fraction of sp³-hybridized carbons (Fsp3) is 0.786. The Balaban J connectivity index is 1.79. The summed E-state index contributed by atoms with van der Waals surface area (Å²) >= 11 is 0. The van der Waals surface area contributed by atoms with E-state index in [1.807, 2.05) is 12.5 Å². The molecule has 0 spiro atoms. The Labute approximate surface area is 110 Å². The van der Waals surface area contributed by atoms with Crippen molar-refractivity contribution >= 4 is 0 Å². The molecule has 18 heavy (non-hydrogen) atoms. The first-order valence-electron chi connectivity index (χ1n) is 7.28. The minimum absolute atomic E-state index is 0.248. The molecule has 1 fully saturated rings. The molecule has 3 N–H and O–H groups in total. The molecule has 0 amide bonds. The smallest absolute Gasteiger partial charge is 0.0948 e. The van der Waals surface area contributed by atoms with Gasteiger partial charge in [-0.1, -0.05) is 19.8 Å². The Morgan fingerprint density at radius 3 is 3.06 bits per heavy atom. The number of nitrogens with two attached hydrogens (primary N) is 1. The van der Waals surface area contributed by atoms with Crippen LogP contribution in [0.5, 0.6) is 0 Å². The molecule has 4 nitrogen and oxygen atoms in total. The van der Waals surface area contributed by atoms with Gasteiger partial charge < -0.3 is 15.6 Å². The molecule has 1 aromatic rings. The molecule has 1 aliphatic carbocycles. The summed E-state index contributed by atoms with van der Waals surface area (Å²) in [5, 5.41) is 3.57. The van der Waals surface area contributed by atoms with E-state index in [1.54, 1.807) is 0 Å². The van der Waals surface area contributed by atoms with Gasteiger partial charge in [0.25, 0.3) is 0 Å². The third-order valence-electron chi connectivity index (χ3n) is 3.68. The zero-order valence-corrected chi connectivity index (χ0v) is 11.4. The predicted molar refractivity (Wildman–Crippen MR) is 74.3 cm³/mol. The first kappa shape index (κ1) is 13.6. The SMILES string of the molecule is CCCn1cncc1C(CN)NCCCC1CC1. The monoisotopic (exact) mass is 250 g/mol. The standard InChI is InChI=1S/C14H26N4/c1-2-8-18-11-16-10-14(18)13(9-15)17-7-3-4-12-5-6-12/h10-13,17H,2-9,15H2,1H3. The lowest BCUT2D eigenvalue weighted by atomic mass is 10.2. The van der Waals surface area contributed by atoms with Crippen molar-refractivity contribution in [2.45, 2.75) is 51.6 Å². The van der Waals surface area contributed by atoms with Gasteiger partial charge in [0.1, 0.15) is 0 Å². The molecule has 1 saturated carbocycles. The first-order valence-corrected chi connectivity index (χ1v) is 7.28. The van der Waals surface area contributed by atoms with Crippen molar-refractivity contribution in [1.29, 1.82) is 0 Å². The van der Waals surface area contributed by atoms with Crippen LogP contribution in [0, 0.1) is 5.92 Å². The molecular formula is C14H26N4. The minimum atomic E-state index is 0.248. The van der Waals surface area contributed by atoms with Crippen LogP contribution in [-0.2, 0) is 6.54 Å². The highest BCUT2D eigenvalue weighted by molar-refractivity contribution is 5.06. The Bertz CT molecular complexity index is 343. The van der Waals surface area contributed by atoms with Crippen LogP contribution in [0.3, 0.4) is 0 Å². The van der Waals surface area contributed by atoms with Crippen LogP contribution in [0.2, 0.25) is 0 Å². The summed E-state index contributed by atoms with van der Waals surface area (Å²) in [5.41, 5.74) is 7.11. The van der Waals surface area contributed by atoms with Gasteiger partial charge in [-0.15, -0.1) is 0 Å². The molecule has 102 valence electrons. The molecule has 1 unspecified atom stereocenters. The summed E-state index contributed by atoms with van der Waals surface area (Å²) in [5.74, 6) is 1.02. The number of aromatic nitrogens is 2. The summed E-state index contributed by atoms with van der Waals surface area (Å²) in [6, 6.07) is 0.248. The van der Waals surface area contributed by atoms with Crippen molar-refractivity contribution in [2.75, 3.05) is 13.1 Å². The second-order valence-electron chi connectivity index (χ2n) is 5.34. The number of hydrogen-bond donors (Lipinski definition) is 2. The van der Waals surface area contributed by atoms with E-state index in [-0.39, 0.29) is 6.04 Å². The molecule has 0 aromatic carbocycles. The van der Waals surface area contributed by atoms with Gasteiger partial charge in [0.2, 0.25) is 0 Å². The topological polar surface area (TPSA) is 55.9 Å². The van der Waals surface area contributed by atoms with Crippen molar-refractivity contribution in [1.82, 2.24) is 14.9 Å². The van der Waals surface area contributed by atoms with E-state index < -0.39 is 0 Å². The normalized spacial score (nSPS) is 17.0. The van der Waals surface area contributed by atoms with Crippen molar-refractivity contribution in [3.8, 4) is 0 Å². The second kappa shape index (κ2) is 6.90. The Hall–Kier alpha value is -0.870. The van der Waals surface area contributed by atoms with Gasteiger partial charge in [-0.05, 0) is 31.7 Å². The van der Waals surface area contributed by atoms with E-state index in [4.69, 9.17) is 5.73 Å². The van der Waals surface area contributed by atoms with Gasteiger partial charge in [0.15, 0.2) is 0 Å². The fourth-order valence-corrected chi connectivity index (χ4v) is 2.43. The molecule has 1 heterocycles. The highest BCUT2D eigenvalue weighted by Gasteiger charge is 2.20. The second-order valence-corrected chi connectivity index (χ2v) is 5.34. The summed E-state index contributed by atoms with van der Waals surface area (Å²) in [4.78, 5) is 4.24. The van der Waals surface area contributed by atoms with Crippen LogP contribution in [0.1, 0.15) is 50.8 Å². The number of nitrogens with zero attached hydrogens (tertiary/aromatic N) is 2. The van der Waals surface area contributed by atoms with Crippen molar-refractivity contribution in [3.05, 3.63) is 18.2 Å². The van der Waals surface area contributed by atoms with Crippen molar-refractivity contribution < 1.29 is 0 Å². The van der Waals surface area contributed by atoms with E-state index in [0.29, 0.717) is 6.54 Å². The van der Waals surface area contributed by atoms with Gasteiger partial charge >= 0.3 is 0 Å². The number of hydrogen-bond acceptors (Lipinski definition) is 3. The molecular weight excluding hydrogens is 224 g/mol. The maximum Gasteiger partial charge on any atom is 0.0948 e. The highest BCUT2D eigenvalue weighted by Crippen LogP contribution is 2.33. The Morgan fingerprint density at radius 1 is 1.56 bits per heavy atom. The average molecular weight is 250 g/mol. The van der Waals surface area contributed by atoms with E-state index in [2.05, 4.69) is 21.8 Å². The van der Waals surface area contributed by atoms with Crippen LogP contribution < -0.4 is 11.1 Å². The van der Waals surface area contributed by atoms with Crippen LogP contribution in [0.15, 0.2) is 12.5 Å². The van der Waals surface area contributed by atoms with Crippen LogP contribution in [0.4, 0.5) is 0 Å². The van der Waals surface area contributed by atoms with Gasteiger partial charge in [0.05, 0.1) is 18.1 Å². The minimum Gasteiger partial charge on any atom is -0.333 e. The van der Waals surface area contributed by atoms with E-state index in [1.165, 1.54) is 31.4 Å². The lowest BCUT2D eigenvalue weighted by Crippen LogP contribution is -2.30. The fourth-order valence-electron chi connectivity index (χ4n) is 2.43. The number of rotatable bonds is 9. The molecule has 4 heteroatoms. The van der Waals surface area contributed by atoms with Crippen LogP contribution >= 0.6 is 0 Å². The number of aryl methyl sites for hydroxylation is 1. The molecule has 2 rings (SSSR count). The molecule has 1 atom stereocenters. The molecule has 1 aromatic heterocycles. The van der Waals surface area contributed by atoms with Crippen LogP contribution in [0.25, 0.3) is 0 Å². The molecule has 0 aliphatic heterocycles. The van der Waals surface area contributed by atoms with E-state index in [0.717, 1.165) is 25.4 Å². The highest BCUT2D eigenvalue weighted by atomic mass is 15.1. The summed E-state index contributed by atoms with van der Waals surface area (Å²) in [6.45, 7) is 4.91. The van der Waals surface area contributed by atoms with Crippen LogP contribution in [-0.4, -0.2) is 22.6 Å². The van der Waals surface area contributed by atoms with Gasteiger partial charge in [-0.2, -0.15) is 0 Å². The third-order valence-corrected chi connectivity index (χ3v) is 3.68. The van der Waals surface area contributed by atoms with Crippen molar-refractivity contribution in [2.24, 2.45) is 11.7 Å². The molecule has 0 bridgehead atoms. The maximum absolute atomic E-state index is 5.88. The van der Waals surface area contributed by atoms with E-state index >= 15 is 0 Å². The quantitative estimate of drug-likeness (QED) is 0.660. The van der Waals surface area contributed by atoms with Crippen molar-refractivity contribution in [3.63, 3.8) is 0 Å². The number of nitrogens with one attached hydrogen (secondary N) is 1. The van der Waals surface area contributed by atoms with Gasteiger partial charge in [0, 0.05) is 19.3 Å². The maximum atomic E-state index is 5.88. The van der Waals surface area contributed by atoms with Gasteiger partial charge in [-0.25, -0.2) is 4.98 Å². The average Bonchev–Trinajstić information content (AvgIpc) is 3.10. The Morgan fingerprint density at radius 2 is 2.39 bits per heavy atom. The Kier molecular flexibility index (Phi) is 5.20. The predicted octanol–water partition coefficient (Wildman–Crippen LogP) is 2.07. The summed E-state index contributed by atoms with van der Waals surface area (Å²) < 4.78 is 2.21. The third kappa shape index (κ3) is 3.82.